The highest BCUT2D eigenvalue weighted by molar-refractivity contribution is 9.11. The highest BCUT2D eigenvalue weighted by Crippen LogP contribution is 2.34. The SMILES string of the molecule is CCc1nnc(CNc2c(Br)cc(Cl)cc2Br)o1. The predicted molar refractivity (Wildman–Crippen MR) is 77.9 cm³/mol. The molecule has 0 bridgehead atoms. The Balaban J connectivity index is 2.10. The Morgan fingerprint density at radius 3 is 2.39 bits per heavy atom. The molecule has 18 heavy (non-hydrogen) atoms. The Morgan fingerprint density at radius 2 is 1.83 bits per heavy atom. The van der Waals surface area contributed by atoms with Gasteiger partial charge in [-0.05, 0) is 44.0 Å². The average molecular weight is 395 g/mol. The third kappa shape index (κ3) is 3.24. The quantitative estimate of drug-likeness (QED) is 0.833. The van der Waals surface area contributed by atoms with Crippen LogP contribution in [0, 0.1) is 0 Å². The van der Waals surface area contributed by atoms with E-state index in [2.05, 4.69) is 47.4 Å². The Bertz CT molecular complexity index is 536. The maximum atomic E-state index is 5.93. The largest absolute Gasteiger partial charge is 0.423 e. The molecule has 0 amide bonds. The normalized spacial score (nSPS) is 10.7. The van der Waals surface area contributed by atoms with Crippen molar-refractivity contribution in [3.8, 4) is 0 Å². The molecule has 0 spiro atoms. The van der Waals surface area contributed by atoms with Crippen molar-refractivity contribution in [2.24, 2.45) is 0 Å². The first kappa shape index (κ1) is 13.8. The van der Waals surface area contributed by atoms with Crippen molar-refractivity contribution < 1.29 is 4.42 Å². The van der Waals surface area contributed by atoms with Crippen molar-refractivity contribution in [3.05, 3.63) is 37.9 Å². The minimum atomic E-state index is 0.464. The molecule has 1 heterocycles. The van der Waals surface area contributed by atoms with Crippen LogP contribution in [0.25, 0.3) is 0 Å². The molecule has 4 nitrogen and oxygen atoms in total. The molecule has 7 heteroatoms. The molecule has 96 valence electrons. The zero-order valence-corrected chi connectivity index (χ0v) is 13.4. The lowest BCUT2D eigenvalue weighted by Crippen LogP contribution is -2.01. The lowest BCUT2D eigenvalue weighted by molar-refractivity contribution is 0.460. The number of anilines is 1. The second-order valence-electron chi connectivity index (χ2n) is 3.54. The Hall–Kier alpha value is -0.590. The highest BCUT2D eigenvalue weighted by atomic mass is 79.9. The number of rotatable bonds is 4. The number of hydrogen-bond acceptors (Lipinski definition) is 4. The third-order valence-corrected chi connectivity index (χ3v) is 3.70. The van der Waals surface area contributed by atoms with E-state index < -0.39 is 0 Å². The van der Waals surface area contributed by atoms with E-state index in [9.17, 15) is 0 Å². The Kier molecular flexibility index (Phi) is 4.64. The van der Waals surface area contributed by atoms with E-state index in [1.807, 2.05) is 19.1 Å². The summed E-state index contributed by atoms with van der Waals surface area (Å²) >= 11 is 12.8. The van der Waals surface area contributed by atoms with Crippen molar-refractivity contribution in [1.82, 2.24) is 10.2 Å². The van der Waals surface area contributed by atoms with Crippen LogP contribution in [0.15, 0.2) is 25.5 Å². The molecule has 1 aromatic heterocycles. The van der Waals surface area contributed by atoms with Crippen molar-refractivity contribution in [2.75, 3.05) is 5.32 Å². The van der Waals surface area contributed by atoms with E-state index in [1.165, 1.54) is 0 Å². The lowest BCUT2D eigenvalue weighted by Gasteiger charge is -2.09. The van der Waals surface area contributed by atoms with Crippen LogP contribution in [0.3, 0.4) is 0 Å². The molecule has 0 aliphatic carbocycles. The average Bonchev–Trinajstić information content (AvgIpc) is 2.75. The summed E-state index contributed by atoms with van der Waals surface area (Å²) in [6.07, 6.45) is 0.737. The fourth-order valence-electron chi connectivity index (χ4n) is 1.38. The minimum Gasteiger partial charge on any atom is -0.423 e. The maximum absolute atomic E-state index is 5.93. The number of halogens is 3. The van der Waals surface area contributed by atoms with Gasteiger partial charge in [0.15, 0.2) is 0 Å². The molecule has 0 unspecified atom stereocenters. The van der Waals surface area contributed by atoms with Crippen LogP contribution in [0.1, 0.15) is 18.7 Å². The van der Waals surface area contributed by atoms with Gasteiger partial charge in [0.05, 0.1) is 12.2 Å². The van der Waals surface area contributed by atoms with Crippen LogP contribution in [0.5, 0.6) is 0 Å². The summed E-state index contributed by atoms with van der Waals surface area (Å²) in [5.41, 5.74) is 0.899. The van der Waals surface area contributed by atoms with Crippen LogP contribution in [-0.2, 0) is 13.0 Å². The van der Waals surface area contributed by atoms with E-state index in [4.69, 9.17) is 16.0 Å². The Labute approximate surface area is 126 Å². The molecule has 0 saturated heterocycles. The van der Waals surface area contributed by atoms with E-state index in [0.29, 0.717) is 23.3 Å². The number of benzene rings is 1. The van der Waals surface area contributed by atoms with Crippen LogP contribution >= 0.6 is 43.5 Å². The fraction of sp³-hybridized carbons (Fsp3) is 0.273. The van der Waals surface area contributed by atoms with Gasteiger partial charge in [-0.25, -0.2) is 0 Å². The molecular weight excluding hydrogens is 385 g/mol. The predicted octanol–water partition coefficient (Wildman–Crippen LogP) is 4.42. The van der Waals surface area contributed by atoms with Crippen molar-refractivity contribution in [3.63, 3.8) is 0 Å². The Morgan fingerprint density at radius 1 is 1.22 bits per heavy atom. The number of nitrogens with one attached hydrogen (secondary N) is 1. The first-order chi connectivity index (χ1) is 8.60. The number of hydrogen-bond donors (Lipinski definition) is 1. The van der Waals surface area contributed by atoms with Gasteiger partial charge >= 0.3 is 0 Å². The van der Waals surface area contributed by atoms with E-state index in [1.54, 1.807) is 0 Å². The summed E-state index contributed by atoms with van der Waals surface area (Å²) in [6.45, 7) is 2.43. The van der Waals surface area contributed by atoms with Gasteiger partial charge in [0.2, 0.25) is 11.8 Å². The van der Waals surface area contributed by atoms with E-state index in [-0.39, 0.29) is 0 Å². The molecule has 0 saturated carbocycles. The zero-order chi connectivity index (χ0) is 13.1. The van der Waals surface area contributed by atoms with Gasteiger partial charge in [-0.3, -0.25) is 0 Å². The second-order valence-corrected chi connectivity index (χ2v) is 5.69. The minimum absolute atomic E-state index is 0.464. The van der Waals surface area contributed by atoms with Crippen LogP contribution in [-0.4, -0.2) is 10.2 Å². The van der Waals surface area contributed by atoms with Crippen LogP contribution in [0.2, 0.25) is 5.02 Å². The summed E-state index contributed by atoms with van der Waals surface area (Å²) in [4.78, 5) is 0. The summed E-state index contributed by atoms with van der Waals surface area (Å²) in [7, 11) is 0. The first-order valence-corrected chi connectivity index (χ1v) is 7.26. The number of nitrogens with zero attached hydrogens (tertiary/aromatic N) is 2. The van der Waals surface area contributed by atoms with Gasteiger partial charge in [-0.2, -0.15) is 0 Å². The van der Waals surface area contributed by atoms with Gasteiger partial charge < -0.3 is 9.73 Å². The summed E-state index contributed by atoms with van der Waals surface area (Å²) in [5.74, 6) is 1.20. The summed E-state index contributed by atoms with van der Waals surface area (Å²) in [6, 6.07) is 3.64. The van der Waals surface area contributed by atoms with E-state index >= 15 is 0 Å². The van der Waals surface area contributed by atoms with Crippen LogP contribution < -0.4 is 5.32 Å². The smallest absolute Gasteiger partial charge is 0.235 e. The number of aromatic nitrogens is 2. The van der Waals surface area contributed by atoms with Gasteiger partial charge in [0, 0.05) is 20.4 Å². The van der Waals surface area contributed by atoms with Gasteiger partial charge in [-0.1, -0.05) is 18.5 Å². The maximum Gasteiger partial charge on any atom is 0.235 e. The molecule has 2 aromatic rings. The number of aryl methyl sites for hydroxylation is 1. The fourth-order valence-corrected chi connectivity index (χ4v) is 3.33. The topological polar surface area (TPSA) is 51.0 Å². The molecule has 1 aromatic carbocycles. The van der Waals surface area contributed by atoms with Crippen molar-refractivity contribution in [2.45, 2.75) is 19.9 Å². The molecule has 0 radical (unpaired) electrons. The lowest BCUT2D eigenvalue weighted by atomic mass is 10.3. The zero-order valence-electron chi connectivity index (χ0n) is 9.51. The molecule has 0 aliphatic heterocycles. The second kappa shape index (κ2) is 6.04. The monoisotopic (exact) mass is 393 g/mol. The van der Waals surface area contributed by atoms with Gasteiger partial charge in [-0.15, -0.1) is 10.2 Å². The first-order valence-electron chi connectivity index (χ1n) is 5.29. The van der Waals surface area contributed by atoms with Gasteiger partial charge in [0.1, 0.15) is 0 Å². The standard InChI is InChI=1S/C11H10Br2ClN3O/c1-2-9-16-17-10(18-9)5-15-11-7(12)3-6(14)4-8(11)13/h3-4,15H,2,5H2,1H3. The van der Waals surface area contributed by atoms with Crippen molar-refractivity contribution >= 4 is 49.1 Å². The molecule has 1 N–H and O–H groups in total. The summed E-state index contributed by atoms with van der Waals surface area (Å²) < 4.78 is 7.16. The highest BCUT2D eigenvalue weighted by Gasteiger charge is 2.09. The molecule has 2 rings (SSSR count). The molecule has 0 aliphatic rings. The van der Waals surface area contributed by atoms with E-state index in [0.717, 1.165) is 21.1 Å². The molecule has 0 atom stereocenters. The van der Waals surface area contributed by atoms with Gasteiger partial charge in [0.25, 0.3) is 0 Å². The molecule has 0 fully saturated rings. The summed E-state index contributed by atoms with van der Waals surface area (Å²) in [5, 5.41) is 11.7. The van der Waals surface area contributed by atoms with Crippen LogP contribution in [0.4, 0.5) is 5.69 Å². The molecular formula is C11H10Br2ClN3O. The third-order valence-electron chi connectivity index (χ3n) is 2.23. The van der Waals surface area contributed by atoms with Crippen molar-refractivity contribution in [1.29, 1.82) is 0 Å².